The van der Waals surface area contributed by atoms with Crippen LogP contribution in [0.15, 0.2) is 36.4 Å². The smallest absolute Gasteiger partial charge is 0.313 e. The molecule has 5 rings (SSSR count). The summed E-state index contributed by atoms with van der Waals surface area (Å²) in [7, 11) is 0. The van der Waals surface area contributed by atoms with E-state index in [9.17, 15) is 85.8 Å². The zero-order chi connectivity index (χ0) is 76.4. The van der Waals surface area contributed by atoms with Crippen molar-refractivity contribution in [2.45, 2.75) is 31.2 Å². The van der Waals surface area contributed by atoms with E-state index in [1.807, 2.05) is 0 Å². The molecular formula is C66H77F13N2O24. The molecule has 0 unspecified atom stereocenters. The van der Waals surface area contributed by atoms with Crippen molar-refractivity contribution in [3.63, 3.8) is 0 Å². The molecule has 1 heterocycles. The molecular weight excluding hydrogens is 1450 g/mol. The van der Waals surface area contributed by atoms with Crippen LogP contribution in [0.4, 0.5) is 57.1 Å². The molecule has 3 amide bonds. The summed E-state index contributed by atoms with van der Waals surface area (Å²) in [6.45, 7) is 1.34. The second kappa shape index (κ2) is 49.3. The van der Waals surface area contributed by atoms with Crippen molar-refractivity contribution >= 4 is 35.6 Å². The number of nitrogens with one attached hydrogen (secondary N) is 1. The van der Waals surface area contributed by atoms with Crippen LogP contribution in [0.3, 0.4) is 0 Å². The molecule has 105 heavy (non-hydrogen) atoms. The Morgan fingerprint density at radius 2 is 0.543 bits per heavy atom. The molecule has 586 valence electrons. The van der Waals surface area contributed by atoms with Gasteiger partial charge in [0.2, 0.25) is 75.5 Å². The molecule has 0 saturated carbocycles. The average molecular weight is 1530 g/mol. The summed E-state index contributed by atoms with van der Waals surface area (Å²) in [4.78, 5) is 77.0. The van der Waals surface area contributed by atoms with Crippen molar-refractivity contribution in [2.75, 3.05) is 205 Å². The van der Waals surface area contributed by atoms with Crippen molar-refractivity contribution in [1.29, 1.82) is 0 Å². The lowest BCUT2D eigenvalue weighted by molar-refractivity contribution is -0.138. The molecule has 1 N–H and O–H groups in total. The van der Waals surface area contributed by atoms with Gasteiger partial charge in [-0.15, -0.1) is 0 Å². The van der Waals surface area contributed by atoms with Gasteiger partial charge in [0.15, 0.2) is 23.3 Å². The minimum absolute atomic E-state index is 0.00887. The fourth-order valence-corrected chi connectivity index (χ4v) is 8.60. The van der Waals surface area contributed by atoms with Crippen molar-refractivity contribution < 1.29 is 171 Å². The highest BCUT2D eigenvalue weighted by Crippen LogP contribution is 2.31. The zero-order valence-corrected chi connectivity index (χ0v) is 56.4. The quantitative estimate of drug-likeness (QED) is 0.00930. The first-order chi connectivity index (χ1) is 50.6. The predicted octanol–water partition coefficient (Wildman–Crippen LogP) is 6.57. The summed E-state index contributed by atoms with van der Waals surface area (Å²) in [6.07, 6.45) is -3.37. The monoisotopic (exact) mass is 1530 g/mol. The zero-order valence-electron chi connectivity index (χ0n) is 56.4. The summed E-state index contributed by atoms with van der Waals surface area (Å²) in [5.41, 5.74) is -1.29. The lowest BCUT2D eigenvalue weighted by Crippen LogP contribution is -2.59. The van der Waals surface area contributed by atoms with Gasteiger partial charge in [-0.25, -0.2) is 30.7 Å². The maximum Gasteiger partial charge on any atom is 0.313 e. The minimum atomic E-state index is -2.56. The molecule has 0 fully saturated rings. The molecule has 1 aliphatic heterocycles. The number of esters is 3. The van der Waals surface area contributed by atoms with Crippen LogP contribution in [0.1, 0.15) is 46.4 Å². The van der Waals surface area contributed by atoms with Crippen LogP contribution < -0.4 is 19.5 Å². The second-order valence-corrected chi connectivity index (χ2v) is 21.6. The highest BCUT2D eigenvalue weighted by molar-refractivity contribution is 6.21. The molecule has 0 atom stereocenters. The van der Waals surface area contributed by atoms with Gasteiger partial charge in [-0.1, -0.05) is 12.1 Å². The van der Waals surface area contributed by atoms with Gasteiger partial charge in [-0.2, -0.15) is 26.3 Å². The molecule has 0 aliphatic carbocycles. The Kier molecular flexibility index (Phi) is 41.3. The van der Waals surface area contributed by atoms with Gasteiger partial charge >= 0.3 is 17.9 Å². The molecule has 0 saturated heterocycles. The highest BCUT2D eigenvalue weighted by Gasteiger charge is 2.37. The number of rotatable bonds is 58. The summed E-state index contributed by atoms with van der Waals surface area (Å²) < 4.78 is 277. The molecule has 4 aromatic rings. The predicted molar refractivity (Wildman–Crippen MR) is 329 cm³/mol. The van der Waals surface area contributed by atoms with Crippen LogP contribution in [0.5, 0.6) is 17.2 Å². The lowest BCUT2D eigenvalue weighted by atomic mass is 10.0. The van der Waals surface area contributed by atoms with Gasteiger partial charge < -0.3 is 90.6 Å². The fraction of sp³-hybridized carbons (Fsp3) is 0.545. The third-order valence-electron chi connectivity index (χ3n) is 13.8. The van der Waals surface area contributed by atoms with Gasteiger partial charge in [0.05, 0.1) is 235 Å². The van der Waals surface area contributed by atoms with Gasteiger partial charge in [0, 0.05) is 18.6 Å². The number of fused-ring (bicyclic) bond motifs is 1. The number of ether oxygens (including phenoxy) is 18. The maximum absolute atomic E-state index is 14.2. The first kappa shape index (κ1) is 88.0. The van der Waals surface area contributed by atoms with Gasteiger partial charge in [0.1, 0.15) is 5.54 Å². The lowest BCUT2D eigenvalue weighted by Gasteiger charge is -2.34. The van der Waals surface area contributed by atoms with Crippen molar-refractivity contribution in [3.8, 4) is 17.2 Å². The molecule has 39 heteroatoms. The van der Waals surface area contributed by atoms with Crippen molar-refractivity contribution in [3.05, 3.63) is 123 Å². The van der Waals surface area contributed by atoms with Crippen molar-refractivity contribution in [1.82, 2.24) is 10.2 Å². The molecule has 0 bridgehead atoms. The topological polar surface area (TPSA) is 284 Å². The Balaban J connectivity index is 0.898. The SMILES string of the molecule is O=C(CCOCCOCCOCCOCCOCCOCCOCCOCCOCCOCCOCCOCCN1C(=O)c2ccccc2C1=O)NC(COCCC(=O)Oc1c(F)c(F)cc(F)c1F)(COCCC(=O)Oc1c(F)c(F)cc(F)c1F)COCCC(=O)Oc1c(F)c(F)c(F)c(F)c1F. The third kappa shape index (κ3) is 31.4. The molecule has 0 aromatic heterocycles. The number of nitrogens with zero attached hydrogens (tertiary/aromatic N) is 1. The van der Waals surface area contributed by atoms with E-state index in [2.05, 4.69) is 19.5 Å². The Bertz CT molecular complexity index is 3190. The van der Waals surface area contributed by atoms with E-state index in [4.69, 9.17) is 71.1 Å². The van der Waals surface area contributed by atoms with Crippen LogP contribution >= 0.6 is 0 Å². The number of carbonyl (C=O) groups excluding carboxylic acids is 6. The maximum atomic E-state index is 14.2. The molecule has 0 spiro atoms. The van der Waals surface area contributed by atoms with E-state index in [0.717, 1.165) is 0 Å². The summed E-state index contributed by atoms with van der Waals surface area (Å²) in [6, 6.07) is 6.37. The number of hydrogen-bond donors (Lipinski definition) is 1. The summed E-state index contributed by atoms with van der Waals surface area (Å²) >= 11 is 0. The largest absolute Gasteiger partial charge is 0.420 e. The second-order valence-electron chi connectivity index (χ2n) is 21.6. The van der Waals surface area contributed by atoms with E-state index in [1.54, 1.807) is 24.3 Å². The van der Waals surface area contributed by atoms with Crippen LogP contribution in [-0.2, 0) is 90.2 Å². The number of carbonyl (C=O) groups is 6. The first-order valence-corrected chi connectivity index (χ1v) is 32.3. The third-order valence-corrected chi connectivity index (χ3v) is 13.8. The van der Waals surface area contributed by atoms with Gasteiger partial charge in [0.25, 0.3) is 11.8 Å². The van der Waals surface area contributed by atoms with E-state index >= 15 is 0 Å². The van der Waals surface area contributed by atoms with Gasteiger partial charge in [-0.05, 0) is 12.1 Å². The van der Waals surface area contributed by atoms with E-state index < -0.39 is 188 Å². The van der Waals surface area contributed by atoms with Gasteiger partial charge in [-0.3, -0.25) is 33.7 Å². The van der Waals surface area contributed by atoms with Crippen LogP contribution in [0.25, 0.3) is 0 Å². The van der Waals surface area contributed by atoms with E-state index in [1.165, 1.54) is 4.90 Å². The number of halogens is 13. The molecule has 1 aliphatic rings. The molecule has 0 radical (unpaired) electrons. The normalized spacial score (nSPS) is 12.2. The summed E-state index contributed by atoms with van der Waals surface area (Å²) in [5.74, 6) is -40.1. The van der Waals surface area contributed by atoms with Crippen LogP contribution in [-0.4, -0.2) is 251 Å². The number of imide groups is 1. The average Bonchev–Trinajstić information content (AvgIpc) is 1.70. The first-order valence-electron chi connectivity index (χ1n) is 32.3. The standard InChI is InChI=1S/C66H77F13N2O24/c67-44-37-45(68)53(72)61(52(44)71)103-49(83)6-11-100-39-66(40-101-12-7-50(84)104-62-54(73)46(69)38-47(70)55(62)74,41-102-13-8-51(85)105-63-59(78)57(76)56(75)58(77)60(63)79)80-48(82)5-10-88-15-17-90-19-21-92-23-25-94-27-29-96-31-33-98-35-36-99-34-32-97-30-28-95-26-24-93-22-20-91-18-16-89-14-9-81-64(86)42-3-1-2-4-43(42)65(81)87/h1-4,37-38H,5-36,39-41H2,(H,80,82). The van der Waals surface area contributed by atoms with Crippen molar-refractivity contribution in [2.24, 2.45) is 0 Å². The summed E-state index contributed by atoms with van der Waals surface area (Å²) in [5, 5.41) is 2.47. The number of benzene rings is 4. The van der Waals surface area contributed by atoms with Crippen LogP contribution in [0.2, 0.25) is 0 Å². The molecule has 26 nitrogen and oxygen atoms in total. The fourth-order valence-electron chi connectivity index (χ4n) is 8.60. The number of hydrogen-bond acceptors (Lipinski definition) is 24. The Morgan fingerprint density at radius 1 is 0.305 bits per heavy atom. The highest BCUT2D eigenvalue weighted by atomic mass is 19.2. The van der Waals surface area contributed by atoms with E-state index in [0.29, 0.717) is 110 Å². The Labute approximate surface area is 591 Å². The number of amides is 3. The van der Waals surface area contributed by atoms with E-state index in [-0.39, 0.29) is 90.0 Å². The Morgan fingerprint density at radius 3 is 0.829 bits per heavy atom. The Hall–Kier alpha value is -7.61. The minimum Gasteiger partial charge on any atom is -0.420 e. The molecule has 4 aromatic carbocycles. The van der Waals surface area contributed by atoms with Crippen LogP contribution in [0, 0.1) is 75.6 Å².